The van der Waals surface area contributed by atoms with Crippen LogP contribution >= 0.6 is 0 Å². The van der Waals surface area contributed by atoms with E-state index in [2.05, 4.69) is 25.5 Å². The predicted molar refractivity (Wildman–Crippen MR) is 114 cm³/mol. The third-order valence-electron chi connectivity index (χ3n) is 5.17. The Morgan fingerprint density at radius 3 is 2.53 bits per heavy atom. The molecule has 2 aromatic heterocycles. The fraction of sp³-hybridized carbons (Fsp3) is 0.0870. The molecule has 0 saturated carbocycles. The van der Waals surface area contributed by atoms with Gasteiger partial charge in [0.2, 0.25) is 0 Å². The molecule has 3 aromatic carbocycles. The molecule has 0 saturated heterocycles. The number of halogens is 3. The van der Waals surface area contributed by atoms with Crippen molar-refractivity contribution in [1.82, 2.24) is 25.5 Å². The topological polar surface area (TPSA) is 86.5 Å². The molecule has 0 aliphatic carbocycles. The second-order valence-corrected chi connectivity index (χ2v) is 7.31. The number of imidazole rings is 1. The molecule has 5 rings (SSSR count). The third kappa shape index (κ3) is 3.68. The summed E-state index contributed by atoms with van der Waals surface area (Å²) in [5.41, 5.74) is 3.18. The average molecular weight is 435 g/mol. The molecule has 2 heterocycles. The summed E-state index contributed by atoms with van der Waals surface area (Å²) in [6, 6.07) is 17.5. The lowest BCUT2D eigenvalue weighted by Gasteiger charge is -2.08. The molecule has 1 amide bonds. The number of fused-ring (bicyclic) bond motifs is 2. The highest BCUT2D eigenvalue weighted by molar-refractivity contribution is 5.98. The van der Waals surface area contributed by atoms with E-state index >= 15 is 0 Å². The van der Waals surface area contributed by atoms with Crippen LogP contribution in [0, 0.1) is 0 Å². The van der Waals surface area contributed by atoms with E-state index in [1.54, 1.807) is 18.2 Å². The van der Waals surface area contributed by atoms with Crippen LogP contribution in [0.1, 0.15) is 21.5 Å². The molecule has 0 fully saturated rings. The molecule has 0 bridgehead atoms. The number of alkyl halides is 3. The van der Waals surface area contributed by atoms with Crippen molar-refractivity contribution in [3.63, 3.8) is 0 Å². The lowest BCUT2D eigenvalue weighted by atomic mass is 10.1. The number of aromatic nitrogens is 4. The van der Waals surface area contributed by atoms with Crippen molar-refractivity contribution in [2.24, 2.45) is 0 Å². The number of hydrogen-bond acceptors (Lipinski definition) is 3. The Bertz CT molecular complexity index is 1430. The minimum atomic E-state index is -4.39. The van der Waals surface area contributed by atoms with Gasteiger partial charge in [-0.25, -0.2) is 4.98 Å². The van der Waals surface area contributed by atoms with Crippen LogP contribution in [0.15, 0.2) is 66.7 Å². The van der Waals surface area contributed by atoms with Crippen molar-refractivity contribution < 1.29 is 18.0 Å². The zero-order valence-corrected chi connectivity index (χ0v) is 16.5. The summed E-state index contributed by atoms with van der Waals surface area (Å²) >= 11 is 0. The number of nitrogens with zero attached hydrogens (tertiary/aromatic N) is 2. The molecule has 0 unspecified atom stereocenters. The summed E-state index contributed by atoms with van der Waals surface area (Å²) in [5.74, 6) is 0.237. The van der Waals surface area contributed by atoms with Gasteiger partial charge in [0.25, 0.3) is 5.91 Å². The molecule has 0 spiro atoms. The Morgan fingerprint density at radius 1 is 0.969 bits per heavy atom. The van der Waals surface area contributed by atoms with Gasteiger partial charge < -0.3 is 10.3 Å². The Kier molecular flexibility index (Phi) is 4.66. The minimum Gasteiger partial charge on any atom is -0.348 e. The molecule has 3 N–H and O–H groups in total. The van der Waals surface area contributed by atoms with Crippen LogP contribution in [0.3, 0.4) is 0 Å². The van der Waals surface area contributed by atoms with Crippen molar-refractivity contribution in [1.29, 1.82) is 0 Å². The van der Waals surface area contributed by atoms with Crippen LogP contribution in [0.4, 0.5) is 13.2 Å². The second-order valence-electron chi connectivity index (χ2n) is 7.31. The summed E-state index contributed by atoms with van der Waals surface area (Å²) in [6.07, 6.45) is -4.39. The van der Waals surface area contributed by atoms with Crippen LogP contribution in [-0.2, 0) is 12.7 Å². The monoisotopic (exact) mass is 435 g/mol. The van der Waals surface area contributed by atoms with Gasteiger partial charge in [-0.15, -0.1) is 0 Å². The molecule has 0 aliphatic rings. The first-order valence-electron chi connectivity index (χ1n) is 9.76. The molecule has 0 radical (unpaired) electrons. The number of carbonyl (C=O) groups excluding carboxylic acids is 1. The Labute approximate surface area is 179 Å². The minimum absolute atomic E-state index is 0.111. The largest absolute Gasteiger partial charge is 0.416 e. The first-order valence-corrected chi connectivity index (χ1v) is 9.76. The predicted octanol–water partition coefficient (Wildman–Crippen LogP) is 5.06. The number of rotatable bonds is 4. The maximum atomic E-state index is 12.7. The highest BCUT2D eigenvalue weighted by Gasteiger charge is 2.29. The highest BCUT2D eigenvalue weighted by atomic mass is 19.4. The summed E-state index contributed by atoms with van der Waals surface area (Å²) in [5, 5.41) is 11.0. The number of carbonyl (C=O) groups is 1. The van der Waals surface area contributed by atoms with Gasteiger partial charge in [-0.05, 0) is 42.0 Å². The maximum absolute atomic E-state index is 12.7. The Balaban J connectivity index is 1.34. The number of aromatic amines is 2. The summed E-state index contributed by atoms with van der Waals surface area (Å²) in [6.45, 7) is 0.111. The average Bonchev–Trinajstić information content (AvgIpc) is 3.40. The number of benzene rings is 3. The number of nitrogens with one attached hydrogen (secondary N) is 3. The van der Waals surface area contributed by atoms with E-state index in [0.717, 1.165) is 28.6 Å². The molecule has 0 atom stereocenters. The lowest BCUT2D eigenvalue weighted by molar-refractivity contribution is -0.137. The first kappa shape index (κ1) is 19.8. The number of hydrogen-bond donors (Lipinski definition) is 3. The molecule has 9 heteroatoms. The van der Waals surface area contributed by atoms with Crippen molar-refractivity contribution in [3.05, 3.63) is 83.4 Å². The van der Waals surface area contributed by atoms with Gasteiger partial charge in [0.05, 0.1) is 22.1 Å². The Morgan fingerprint density at radius 2 is 1.75 bits per heavy atom. The quantitative estimate of drug-likeness (QED) is 0.369. The second kappa shape index (κ2) is 7.52. The fourth-order valence-corrected chi connectivity index (χ4v) is 3.50. The van der Waals surface area contributed by atoms with Gasteiger partial charge in [-0.1, -0.05) is 30.3 Å². The zero-order chi connectivity index (χ0) is 22.3. The van der Waals surface area contributed by atoms with E-state index in [9.17, 15) is 18.0 Å². The summed E-state index contributed by atoms with van der Waals surface area (Å²) < 4.78 is 38.0. The summed E-state index contributed by atoms with van der Waals surface area (Å²) in [4.78, 5) is 20.3. The lowest BCUT2D eigenvalue weighted by Crippen LogP contribution is -2.22. The van der Waals surface area contributed by atoms with Crippen LogP contribution in [0.25, 0.3) is 33.5 Å². The van der Waals surface area contributed by atoms with Crippen LogP contribution < -0.4 is 5.32 Å². The molecule has 6 nitrogen and oxygen atoms in total. The molecule has 0 aliphatic heterocycles. The molecule has 32 heavy (non-hydrogen) atoms. The summed E-state index contributed by atoms with van der Waals surface area (Å²) in [7, 11) is 0. The molecule has 160 valence electrons. The van der Waals surface area contributed by atoms with E-state index in [1.807, 2.05) is 24.3 Å². The zero-order valence-electron chi connectivity index (χ0n) is 16.5. The van der Waals surface area contributed by atoms with Crippen molar-refractivity contribution >= 4 is 27.8 Å². The molecule has 5 aromatic rings. The first-order chi connectivity index (χ1) is 15.4. The Hall–Kier alpha value is -4.14. The van der Waals surface area contributed by atoms with Crippen LogP contribution in [0.5, 0.6) is 0 Å². The van der Waals surface area contributed by atoms with Gasteiger partial charge >= 0.3 is 6.18 Å². The van der Waals surface area contributed by atoms with E-state index < -0.39 is 11.7 Å². The van der Waals surface area contributed by atoms with Gasteiger partial charge in [0.1, 0.15) is 5.69 Å². The van der Waals surface area contributed by atoms with Gasteiger partial charge in [0.15, 0.2) is 5.82 Å². The number of H-pyrrole nitrogens is 2. The van der Waals surface area contributed by atoms with Crippen molar-refractivity contribution in [3.8, 4) is 11.5 Å². The van der Waals surface area contributed by atoms with Crippen molar-refractivity contribution in [2.75, 3.05) is 0 Å². The number of amides is 1. The third-order valence-corrected chi connectivity index (χ3v) is 5.17. The van der Waals surface area contributed by atoms with Gasteiger partial charge in [-0.2, -0.15) is 18.3 Å². The van der Waals surface area contributed by atoms with E-state index in [1.165, 1.54) is 12.1 Å². The van der Waals surface area contributed by atoms with Gasteiger partial charge in [0, 0.05) is 17.5 Å². The van der Waals surface area contributed by atoms with Crippen LogP contribution in [0.2, 0.25) is 0 Å². The fourth-order valence-electron chi connectivity index (χ4n) is 3.50. The van der Waals surface area contributed by atoms with Crippen LogP contribution in [-0.4, -0.2) is 26.1 Å². The number of para-hydroxylation sites is 1. The smallest absolute Gasteiger partial charge is 0.348 e. The molecular formula is C23H16F3N5O. The standard InChI is InChI=1S/C23H16F3N5O/c24-23(25,26)15-8-5-13(6-9-15)12-27-22(32)14-7-10-18-19(11-14)29-21(28-18)20-16-3-1-2-4-17(16)30-31-20/h1-11H,12H2,(H,27,32)(H,28,29)(H,30,31). The van der Waals surface area contributed by atoms with E-state index in [4.69, 9.17) is 0 Å². The highest BCUT2D eigenvalue weighted by Crippen LogP contribution is 2.29. The van der Waals surface area contributed by atoms with Crippen molar-refractivity contribution in [2.45, 2.75) is 12.7 Å². The SMILES string of the molecule is O=C(NCc1ccc(C(F)(F)F)cc1)c1ccc2[nH]c(-c3n[nH]c4ccccc34)nc2c1. The molecular weight excluding hydrogens is 419 g/mol. The normalized spacial score (nSPS) is 11.8. The van der Waals surface area contributed by atoms with E-state index in [0.29, 0.717) is 28.2 Å². The van der Waals surface area contributed by atoms with E-state index in [-0.39, 0.29) is 12.5 Å². The van der Waals surface area contributed by atoms with Gasteiger partial charge in [-0.3, -0.25) is 9.89 Å². The maximum Gasteiger partial charge on any atom is 0.416 e.